The number of hydrogen-bond acceptors (Lipinski definition) is 17. The quantitative estimate of drug-likeness (QED) is 0.0258. The minimum absolute atomic E-state index is 0.0304. The van der Waals surface area contributed by atoms with Gasteiger partial charge in [0.1, 0.15) is 18.1 Å². The Morgan fingerprint density at radius 2 is 1.35 bits per heavy atom. The molecular formula is C38H34N2O16S4. The fourth-order valence-electron chi connectivity index (χ4n) is 5.84. The van der Waals surface area contributed by atoms with Crippen LogP contribution in [0.4, 0.5) is 11.4 Å². The number of para-hydroxylation sites is 1. The topological polar surface area (TPSA) is 267 Å². The molecule has 0 radical (unpaired) electrons. The molecule has 60 heavy (non-hydrogen) atoms. The van der Waals surface area contributed by atoms with Gasteiger partial charge < -0.3 is 19.8 Å². The summed E-state index contributed by atoms with van der Waals surface area (Å²) in [5.74, 6) is 0.534. The van der Waals surface area contributed by atoms with Crippen LogP contribution in [0.25, 0.3) is 22.0 Å². The van der Waals surface area contributed by atoms with Crippen LogP contribution in [0, 0.1) is 0 Å². The minimum Gasteiger partial charge on any atom is -0.489 e. The lowest BCUT2D eigenvalue weighted by Gasteiger charge is -2.26. The molecule has 1 aliphatic rings. The third kappa shape index (κ3) is 11.3. The van der Waals surface area contributed by atoms with Crippen LogP contribution in [0.2, 0.25) is 0 Å². The maximum atomic E-state index is 14.5. The number of nitrogens with one attached hydrogen (secondary N) is 2. The van der Waals surface area contributed by atoms with Crippen molar-refractivity contribution in [3.8, 4) is 28.4 Å². The molecule has 0 unspecified atom stereocenters. The van der Waals surface area contributed by atoms with Crippen LogP contribution in [0.15, 0.2) is 123 Å². The number of carbonyl (C=O) groups is 1. The lowest BCUT2D eigenvalue weighted by atomic mass is 9.81. The van der Waals surface area contributed by atoms with Crippen molar-refractivity contribution in [3.63, 3.8) is 0 Å². The predicted molar refractivity (Wildman–Crippen MR) is 220 cm³/mol. The number of anilines is 2. The number of aromatic nitrogens is 1. The Morgan fingerprint density at radius 1 is 0.717 bits per heavy atom. The molecule has 0 aliphatic heterocycles. The van der Waals surface area contributed by atoms with E-state index in [-0.39, 0.29) is 45.3 Å². The SMILES string of the molecule is CC.CS(=O)(=O)O.O=C1c2ccccc2-c2c(COc3cccc(SOOO)c3)c(=O)[nH]c3c(Oc4ccccc4)cc(Nc4ccc(S(=O)(=O)O)cc4SOOO)c1c23. The number of rotatable bonds is 14. The van der Waals surface area contributed by atoms with Crippen LogP contribution < -0.4 is 20.3 Å². The first-order valence-electron chi connectivity index (χ1n) is 17.1. The summed E-state index contributed by atoms with van der Waals surface area (Å²) in [5, 5.41) is 28.3. The van der Waals surface area contributed by atoms with Crippen LogP contribution in [-0.4, -0.2) is 53.5 Å². The summed E-state index contributed by atoms with van der Waals surface area (Å²) in [4.78, 5) is 31.5. The Labute approximate surface area is 350 Å². The fraction of sp³-hybridized carbons (Fsp3) is 0.105. The number of fused-ring (bicyclic) bond motifs is 2. The first-order chi connectivity index (χ1) is 28.7. The molecule has 6 N–H and O–H groups in total. The van der Waals surface area contributed by atoms with Crippen molar-refractivity contribution in [1.29, 1.82) is 0 Å². The van der Waals surface area contributed by atoms with Crippen molar-refractivity contribution >= 4 is 72.4 Å². The van der Waals surface area contributed by atoms with Gasteiger partial charge in [-0.2, -0.15) is 16.8 Å². The third-order valence-electron chi connectivity index (χ3n) is 8.02. The number of aromatic amines is 1. The Morgan fingerprint density at radius 3 is 2.02 bits per heavy atom. The van der Waals surface area contributed by atoms with E-state index in [0.717, 1.165) is 24.2 Å². The first-order valence-corrected chi connectivity index (χ1v) is 21.9. The molecule has 5 aromatic carbocycles. The first kappa shape index (κ1) is 45.7. The highest BCUT2D eigenvalue weighted by atomic mass is 32.2. The van der Waals surface area contributed by atoms with Gasteiger partial charge in [0.05, 0.1) is 68.2 Å². The molecule has 7 rings (SSSR count). The maximum absolute atomic E-state index is 14.5. The van der Waals surface area contributed by atoms with Crippen LogP contribution in [0.5, 0.6) is 17.2 Å². The smallest absolute Gasteiger partial charge is 0.294 e. The molecule has 0 spiro atoms. The monoisotopic (exact) mass is 902 g/mol. The van der Waals surface area contributed by atoms with Gasteiger partial charge in [0, 0.05) is 27.5 Å². The number of ketones is 1. The van der Waals surface area contributed by atoms with Gasteiger partial charge in [-0.3, -0.25) is 18.7 Å². The van der Waals surface area contributed by atoms with E-state index in [4.69, 9.17) is 24.5 Å². The number of H-pyrrole nitrogens is 1. The van der Waals surface area contributed by atoms with E-state index in [1.165, 1.54) is 12.1 Å². The Bertz CT molecular complexity index is 2780. The summed E-state index contributed by atoms with van der Waals surface area (Å²) in [6, 6.07) is 27.2. The molecule has 0 atom stereocenters. The molecule has 1 heterocycles. The minimum atomic E-state index is -4.65. The molecule has 6 aromatic rings. The zero-order valence-corrected chi connectivity index (χ0v) is 34.6. The highest BCUT2D eigenvalue weighted by Crippen LogP contribution is 2.48. The number of benzene rings is 5. The summed E-state index contributed by atoms with van der Waals surface area (Å²) in [5.41, 5.74) is 1.57. The van der Waals surface area contributed by atoms with Gasteiger partial charge in [-0.25, -0.2) is 10.5 Å². The Kier molecular flexibility index (Phi) is 15.5. The summed E-state index contributed by atoms with van der Waals surface area (Å²) >= 11 is 1.16. The van der Waals surface area contributed by atoms with Gasteiger partial charge in [-0.15, -0.1) is 8.67 Å². The third-order valence-corrected chi connectivity index (χ3v) is 10.1. The lowest BCUT2D eigenvalue weighted by Crippen LogP contribution is -2.22. The number of hydrogen-bond donors (Lipinski definition) is 6. The second-order valence-electron chi connectivity index (χ2n) is 11.9. The van der Waals surface area contributed by atoms with Crippen molar-refractivity contribution < 1.29 is 69.5 Å². The highest BCUT2D eigenvalue weighted by molar-refractivity contribution is 7.95. The zero-order valence-electron chi connectivity index (χ0n) is 31.3. The summed E-state index contributed by atoms with van der Waals surface area (Å²) in [6.07, 6.45) is 0.715. The van der Waals surface area contributed by atoms with E-state index in [1.54, 1.807) is 78.9 Å². The Balaban J connectivity index is 0.000000909. The van der Waals surface area contributed by atoms with Gasteiger partial charge >= 0.3 is 0 Å². The van der Waals surface area contributed by atoms with E-state index in [1.807, 2.05) is 13.8 Å². The molecule has 0 amide bonds. The number of carbonyl (C=O) groups excluding carboxylic acids is 1. The number of ether oxygens (including phenoxy) is 2. The molecule has 1 aromatic heterocycles. The molecule has 1 aliphatic carbocycles. The van der Waals surface area contributed by atoms with Crippen LogP contribution in [-0.2, 0) is 45.6 Å². The molecule has 0 bridgehead atoms. The van der Waals surface area contributed by atoms with E-state index in [9.17, 15) is 31.0 Å². The molecule has 0 saturated heterocycles. The van der Waals surface area contributed by atoms with Crippen LogP contribution >= 0.6 is 24.1 Å². The van der Waals surface area contributed by atoms with Crippen LogP contribution in [0.3, 0.4) is 0 Å². The summed E-state index contributed by atoms with van der Waals surface area (Å²) < 4.78 is 80.9. The van der Waals surface area contributed by atoms with Crippen LogP contribution in [0.1, 0.15) is 35.3 Å². The van der Waals surface area contributed by atoms with Crippen molar-refractivity contribution in [3.05, 3.63) is 130 Å². The standard InChI is InChI=1S/C35H24N2O13S3.C2H6.CH4O3S/c38-34-24-12-5-4-11-23(24)30-25(18-45-20-9-6-10-21(15-20)51-49-47-40)35(39)37-33-28(46-19-7-2-1-3-8-19)17-27(31(34)32(30)33)36-26-14-13-22(53(42,43)44)16-29(26)52-50-48-41;1-2;1-5(2,3)4/h1-17,36,40-41H,18H2,(H,37,39)(H,42,43,44);1-2H3;1H3,(H,2,3,4). The van der Waals surface area contributed by atoms with Gasteiger partial charge in [0.15, 0.2) is 11.5 Å². The van der Waals surface area contributed by atoms with E-state index < -0.39 is 36.5 Å². The van der Waals surface area contributed by atoms with Gasteiger partial charge in [0.2, 0.25) is 0 Å². The fourth-order valence-corrected chi connectivity index (χ4v) is 7.32. The molecule has 0 saturated carbocycles. The zero-order chi connectivity index (χ0) is 43.6. The molecule has 0 fully saturated rings. The largest absolute Gasteiger partial charge is 0.489 e. The second-order valence-corrected chi connectivity index (χ2v) is 16.3. The number of pyridine rings is 1. The molecule has 18 nitrogen and oxygen atoms in total. The molecule has 22 heteroatoms. The highest BCUT2D eigenvalue weighted by Gasteiger charge is 2.33. The normalized spacial score (nSPS) is 11.8. The molecular weight excluding hydrogens is 869 g/mol. The summed E-state index contributed by atoms with van der Waals surface area (Å²) in [7, 11) is -8.31. The van der Waals surface area contributed by atoms with Gasteiger partial charge in [-0.05, 0) is 54.1 Å². The molecule has 316 valence electrons. The average molecular weight is 903 g/mol. The second kappa shape index (κ2) is 20.3. The van der Waals surface area contributed by atoms with Gasteiger partial charge in [-0.1, -0.05) is 72.5 Å². The maximum Gasteiger partial charge on any atom is 0.294 e. The average Bonchev–Trinajstić information content (AvgIpc) is 3.22. The predicted octanol–water partition coefficient (Wildman–Crippen LogP) is 8.49. The van der Waals surface area contributed by atoms with Crippen molar-refractivity contribution in [2.45, 2.75) is 35.1 Å². The van der Waals surface area contributed by atoms with Crippen molar-refractivity contribution in [1.82, 2.24) is 4.98 Å². The lowest BCUT2D eigenvalue weighted by molar-refractivity contribution is -0.432. The van der Waals surface area contributed by atoms with Crippen molar-refractivity contribution in [2.24, 2.45) is 0 Å². The van der Waals surface area contributed by atoms with E-state index in [2.05, 4.69) is 29.0 Å². The van der Waals surface area contributed by atoms with E-state index in [0.29, 0.717) is 56.8 Å². The Hall–Kier alpha value is -5.34. The van der Waals surface area contributed by atoms with Crippen molar-refractivity contribution in [2.75, 3.05) is 11.6 Å². The van der Waals surface area contributed by atoms with Gasteiger partial charge in [0.25, 0.3) is 25.8 Å². The summed E-state index contributed by atoms with van der Waals surface area (Å²) in [6.45, 7) is 3.76. The van der Waals surface area contributed by atoms with E-state index >= 15 is 0 Å².